The van der Waals surface area contributed by atoms with E-state index in [4.69, 9.17) is 9.47 Å². The molecule has 4 rings (SSSR count). The second-order valence-corrected chi connectivity index (χ2v) is 9.97. The number of ether oxygens (including phenoxy) is 2. The first-order valence-electron chi connectivity index (χ1n) is 10.3. The number of esters is 1. The Labute approximate surface area is 161 Å². The molecule has 0 saturated heterocycles. The van der Waals surface area contributed by atoms with Gasteiger partial charge in [0.2, 0.25) is 0 Å². The Bertz CT molecular complexity index is 709. The molecule has 1 aliphatic heterocycles. The van der Waals surface area contributed by atoms with Crippen molar-refractivity contribution in [3.05, 3.63) is 11.1 Å². The Balaban J connectivity index is 1.84. The van der Waals surface area contributed by atoms with Crippen molar-refractivity contribution >= 4 is 11.8 Å². The summed E-state index contributed by atoms with van der Waals surface area (Å²) in [5, 5.41) is 10.5. The van der Waals surface area contributed by atoms with E-state index in [2.05, 4.69) is 27.7 Å². The standard InChI is InChI=1S/C22H32O5/c1-11(2)15-20(27-12(3)23)18(25)17-19-16-13(10-26-19)14(24)6-7-21(16,4)8-9-22(15,17)5/h11,14-15,17,19-20,24H,6-10H2,1-5H3/t14-,15-,17-,19-,20-,21-,22+/m0/s1. The van der Waals surface area contributed by atoms with E-state index in [9.17, 15) is 14.7 Å². The van der Waals surface area contributed by atoms with Crippen molar-refractivity contribution in [1.29, 1.82) is 0 Å². The van der Waals surface area contributed by atoms with Crippen LogP contribution in [0.5, 0.6) is 0 Å². The smallest absolute Gasteiger partial charge is 0.303 e. The predicted molar refractivity (Wildman–Crippen MR) is 99.8 cm³/mol. The molecule has 0 radical (unpaired) electrons. The van der Waals surface area contributed by atoms with Gasteiger partial charge in [0.1, 0.15) is 0 Å². The molecule has 0 aromatic heterocycles. The van der Waals surface area contributed by atoms with Crippen LogP contribution in [0.4, 0.5) is 0 Å². The Morgan fingerprint density at radius 3 is 2.59 bits per heavy atom. The fraction of sp³-hybridized carbons (Fsp3) is 0.818. The zero-order valence-electron chi connectivity index (χ0n) is 17.1. The summed E-state index contributed by atoms with van der Waals surface area (Å²) in [5.41, 5.74) is 1.89. The Kier molecular flexibility index (Phi) is 4.36. The summed E-state index contributed by atoms with van der Waals surface area (Å²) in [6.07, 6.45) is 2.16. The highest BCUT2D eigenvalue weighted by Crippen LogP contribution is 2.63. The van der Waals surface area contributed by atoms with Gasteiger partial charge in [0.15, 0.2) is 11.9 Å². The van der Waals surface area contributed by atoms with Gasteiger partial charge in [-0.3, -0.25) is 9.59 Å². The Hall–Kier alpha value is -1.20. The number of Topliss-reactive ketones (excluding diaryl/α,β-unsaturated/α-hetero) is 1. The van der Waals surface area contributed by atoms with E-state index < -0.39 is 18.2 Å². The molecule has 1 heterocycles. The third-order valence-electron chi connectivity index (χ3n) is 7.99. The van der Waals surface area contributed by atoms with Crippen LogP contribution in [-0.4, -0.2) is 41.8 Å². The molecule has 0 aromatic carbocycles. The van der Waals surface area contributed by atoms with E-state index in [1.807, 2.05) is 0 Å². The van der Waals surface area contributed by atoms with Gasteiger partial charge in [0.05, 0.1) is 24.7 Å². The van der Waals surface area contributed by atoms with Gasteiger partial charge >= 0.3 is 5.97 Å². The largest absolute Gasteiger partial charge is 0.454 e. The van der Waals surface area contributed by atoms with Crippen LogP contribution in [0.3, 0.4) is 0 Å². The van der Waals surface area contributed by atoms with Gasteiger partial charge in [0.25, 0.3) is 0 Å². The summed E-state index contributed by atoms with van der Waals surface area (Å²) in [4.78, 5) is 25.3. The third-order valence-corrected chi connectivity index (χ3v) is 7.99. The van der Waals surface area contributed by atoms with Gasteiger partial charge in [-0.2, -0.15) is 0 Å². The lowest BCUT2D eigenvalue weighted by Gasteiger charge is -2.39. The fourth-order valence-electron chi connectivity index (χ4n) is 6.83. The number of ketones is 1. The highest BCUT2D eigenvalue weighted by atomic mass is 16.5. The molecule has 150 valence electrons. The van der Waals surface area contributed by atoms with Crippen molar-refractivity contribution in [2.24, 2.45) is 28.6 Å². The molecule has 0 spiro atoms. The van der Waals surface area contributed by atoms with Crippen LogP contribution in [0.2, 0.25) is 0 Å². The van der Waals surface area contributed by atoms with E-state index in [1.165, 1.54) is 12.5 Å². The number of carbonyl (C=O) groups is 2. The maximum atomic E-state index is 13.6. The third kappa shape index (κ3) is 2.57. The molecule has 5 heteroatoms. The number of aliphatic hydroxyl groups is 1. The number of hydrogen-bond acceptors (Lipinski definition) is 5. The van der Waals surface area contributed by atoms with Crippen LogP contribution in [0.1, 0.15) is 60.3 Å². The molecule has 7 atom stereocenters. The summed E-state index contributed by atoms with van der Waals surface area (Å²) >= 11 is 0. The van der Waals surface area contributed by atoms with Gasteiger partial charge in [-0.05, 0) is 53.6 Å². The first-order chi connectivity index (χ1) is 12.6. The number of rotatable bonds is 2. The van der Waals surface area contributed by atoms with Gasteiger partial charge < -0.3 is 14.6 Å². The molecule has 0 bridgehead atoms. The van der Waals surface area contributed by atoms with Crippen molar-refractivity contribution in [3.63, 3.8) is 0 Å². The molecule has 0 amide bonds. The van der Waals surface area contributed by atoms with Crippen molar-refractivity contribution in [1.82, 2.24) is 0 Å². The molecule has 1 N–H and O–H groups in total. The average Bonchev–Trinajstić information content (AvgIpc) is 3.06. The van der Waals surface area contributed by atoms with Crippen LogP contribution in [0.15, 0.2) is 11.1 Å². The fourth-order valence-corrected chi connectivity index (χ4v) is 6.83. The van der Waals surface area contributed by atoms with Gasteiger partial charge in [-0.15, -0.1) is 0 Å². The molecular formula is C22H32O5. The van der Waals surface area contributed by atoms with E-state index in [0.717, 1.165) is 31.3 Å². The summed E-state index contributed by atoms with van der Waals surface area (Å²) in [6.45, 7) is 10.5. The molecule has 5 nitrogen and oxygen atoms in total. The number of hydrogen-bond donors (Lipinski definition) is 1. The van der Waals surface area contributed by atoms with Gasteiger partial charge in [-0.25, -0.2) is 0 Å². The monoisotopic (exact) mass is 376 g/mol. The minimum atomic E-state index is -0.691. The first-order valence-corrected chi connectivity index (χ1v) is 10.3. The van der Waals surface area contributed by atoms with E-state index in [1.54, 1.807) is 0 Å². The van der Waals surface area contributed by atoms with Crippen LogP contribution in [0, 0.1) is 28.6 Å². The van der Waals surface area contributed by atoms with Crippen molar-refractivity contribution in [2.75, 3.05) is 6.61 Å². The lowest BCUT2D eigenvalue weighted by atomic mass is 9.66. The highest BCUT2D eigenvalue weighted by molar-refractivity contribution is 5.92. The predicted octanol–water partition coefficient (Wildman–Crippen LogP) is 3.05. The zero-order valence-corrected chi connectivity index (χ0v) is 17.1. The minimum absolute atomic E-state index is 0.00876. The molecule has 3 aliphatic carbocycles. The first kappa shape index (κ1) is 19.1. The zero-order chi connectivity index (χ0) is 19.7. The van der Waals surface area contributed by atoms with Crippen LogP contribution < -0.4 is 0 Å². The second-order valence-electron chi connectivity index (χ2n) is 9.97. The topological polar surface area (TPSA) is 72.8 Å². The molecule has 0 unspecified atom stereocenters. The SMILES string of the molecule is CC(=O)O[C@@H]1C(=O)[C@H]2[C@H]3OCC4=C3[C@@](C)(CC[C@@H]4O)CC[C@]2(C)[C@H]1C(C)C. The quantitative estimate of drug-likeness (QED) is 0.592. The average molecular weight is 376 g/mol. The van der Waals surface area contributed by atoms with Crippen LogP contribution >= 0.6 is 0 Å². The van der Waals surface area contributed by atoms with E-state index >= 15 is 0 Å². The molecule has 2 saturated carbocycles. The van der Waals surface area contributed by atoms with E-state index in [-0.39, 0.29) is 40.5 Å². The Morgan fingerprint density at radius 2 is 1.96 bits per heavy atom. The van der Waals surface area contributed by atoms with Crippen molar-refractivity contribution < 1.29 is 24.2 Å². The normalized spacial score (nSPS) is 46.3. The van der Waals surface area contributed by atoms with E-state index in [0.29, 0.717) is 6.61 Å². The summed E-state index contributed by atoms with van der Waals surface area (Å²) in [6, 6.07) is 0. The molecule has 0 aromatic rings. The Morgan fingerprint density at radius 1 is 1.26 bits per heavy atom. The lowest BCUT2D eigenvalue weighted by Crippen LogP contribution is -2.40. The number of fused-ring (bicyclic) bond motifs is 2. The second kappa shape index (κ2) is 6.15. The maximum absolute atomic E-state index is 13.6. The molecule has 4 aliphatic rings. The molecular weight excluding hydrogens is 344 g/mol. The van der Waals surface area contributed by atoms with Crippen LogP contribution in [-0.2, 0) is 19.1 Å². The summed E-state index contributed by atoms with van der Waals surface area (Å²) in [7, 11) is 0. The lowest BCUT2D eigenvalue weighted by molar-refractivity contribution is -0.155. The molecule has 27 heavy (non-hydrogen) atoms. The van der Waals surface area contributed by atoms with Gasteiger partial charge in [-0.1, -0.05) is 27.7 Å². The number of aliphatic hydroxyl groups excluding tert-OH is 1. The number of carbonyl (C=O) groups excluding carboxylic acids is 2. The highest BCUT2D eigenvalue weighted by Gasteiger charge is 2.66. The van der Waals surface area contributed by atoms with Gasteiger partial charge in [0, 0.05) is 12.8 Å². The minimum Gasteiger partial charge on any atom is -0.454 e. The molecule has 2 fully saturated rings. The summed E-state index contributed by atoms with van der Waals surface area (Å²) in [5.74, 6) is -0.491. The maximum Gasteiger partial charge on any atom is 0.303 e. The summed E-state index contributed by atoms with van der Waals surface area (Å²) < 4.78 is 11.8. The van der Waals surface area contributed by atoms with Crippen molar-refractivity contribution in [3.8, 4) is 0 Å². The van der Waals surface area contributed by atoms with Crippen molar-refractivity contribution in [2.45, 2.75) is 78.6 Å². The van der Waals surface area contributed by atoms with Crippen LogP contribution in [0.25, 0.3) is 0 Å².